The molecular formula is C20H19ClN2O4S. The first-order valence-corrected chi connectivity index (χ1v) is 10.3. The molecule has 0 saturated heterocycles. The summed E-state index contributed by atoms with van der Waals surface area (Å²) in [5.41, 5.74) is 1.40. The van der Waals surface area contributed by atoms with Crippen LogP contribution < -0.4 is 10.3 Å². The lowest BCUT2D eigenvalue weighted by atomic mass is 10.0. The maximum absolute atomic E-state index is 12.5. The van der Waals surface area contributed by atoms with Crippen molar-refractivity contribution in [3.63, 3.8) is 0 Å². The van der Waals surface area contributed by atoms with E-state index < -0.39 is 12.1 Å². The van der Waals surface area contributed by atoms with Crippen molar-refractivity contribution in [1.29, 1.82) is 0 Å². The summed E-state index contributed by atoms with van der Waals surface area (Å²) in [7, 11) is 0. The fourth-order valence-electron chi connectivity index (χ4n) is 3.24. The molecule has 0 amide bonds. The number of fused-ring (bicyclic) bond motifs is 3. The summed E-state index contributed by atoms with van der Waals surface area (Å²) in [5, 5.41) is 0.589. The second-order valence-corrected chi connectivity index (χ2v) is 8.20. The first kappa shape index (κ1) is 19.0. The number of esters is 1. The lowest BCUT2D eigenvalue weighted by molar-refractivity contribution is -0.152. The lowest BCUT2D eigenvalue weighted by Gasteiger charge is -2.14. The Kier molecular flexibility index (Phi) is 5.37. The molecule has 0 aliphatic heterocycles. The molecule has 0 radical (unpaired) electrons. The summed E-state index contributed by atoms with van der Waals surface area (Å²) < 4.78 is 12.5. The van der Waals surface area contributed by atoms with E-state index in [4.69, 9.17) is 21.1 Å². The molecule has 3 aromatic rings. The van der Waals surface area contributed by atoms with E-state index in [2.05, 4.69) is 4.98 Å². The molecule has 28 heavy (non-hydrogen) atoms. The quantitative estimate of drug-likeness (QED) is 0.589. The summed E-state index contributed by atoms with van der Waals surface area (Å²) in [5.74, 6) is -0.00164. The van der Waals surface area contributed by atoms with Crippen LogP contribution in [0.1, 0.15) is 36.0 Å². The van der Waals surface area contributed by atoms with Crippen LogP contribution in [0.4, 0.5) is 0 Å². The van der Waals surface area contributed by atoms with Gasteiger partial charge < -0.3 is 9.47 Å². The van der Waals surface area contributed by atoms with Gasteiger partial charge in [-0.05, 0) is 56.9 Å². The Hall–Kier alpha value is -2.38. The van der Waals surface area contributed by atoms with E-state index >= 15 is 0 Å². The minimum Gasteiger partial charge on any atom is -0.479 e. The Morgan fingerprint density at radius 2 is 2.04 bits per heavy atom. The molecule has 1 aliphatic rings. The highest BCUT2D eigenvalue weighted by molar-refractivity contribution is 7.17. The van der Waals surface area contributed by atoms with Crippen LogP contribution >= 0.6 is 22.9 Å². The summed E-state index contributed by atoms with van der Waals surface area (Å²) in [6, 6.07) is 8.17. The summed E-state index contributed by atoms with van der Waals surface area (Å²) in [4.78, 5) is 31.2. The zero-order valence-corrected chi connectivity index (χ0v) is 16.9. The predicted octanol–water partition coefficient (Wildman–Crippen LogP) is 3.80. The molecule has 1 atom stereocenters. The van der Waals surface area contributed by atoms with Gasteiger partial charge in [0.1, 0.15) is 12.4 Å². The summed E-state index contributed by atoms with van der Waals surface area (Å²) >= 11 is 7.38. The topological polar surface area (TPSA) is 69.9 Å². The number of rotatable bonds is 5. The molecule has 2 aromatic heterocycles. The number of hydrogen-bond acceptors (Lipinski definition) is 6. The van der Waals surface area contributed by atoms with E-state index in [0.29, 0.717) is 21.4 Å². The number of benzene rings is 1. The minimum atomic E-state index is -0.792. The van der Waals surface area contributed by atoms with Crippen molar-refractivity contribution in [3.8, 4) is 5.75 Å². The Morgan fingerprint density at radius 3 is 2.82 bits per heavy atom. The molecule has 0 saturated carbocycles. The maximum atomic E-state index is 12.5. The number of nitrogens with zero attached hydrogens (tertiary/aromatic N) is 2. The Labute approximate surface area is 170 Å². The third-order valence-electron chi connectivity index (χ3n) is 4.64. The van der Waals surface area contributed by atoms with Crippen molar-refractivity contribution in [1.82, 2.24) is 9.38 Å². The monoisotopic (exact) mass is 418 g/mol. The van der Waals surface area contributed by atoms with E-state index in [0.717, 1.165) is 31.4 Å². The summed E-state index contributed by atoms with van der Waals surface area (Å²) in [6.45, 7) is 1.54. The van der Waals surface area contributed by atoms with E-state index in [-0.39, 0.29) is 12.2 Å². The normalized spacial score (nSPS) is 14.5. The fraction of sp³-hybridized carbons (Fsp3) is 0.350. The molecule has 1 aromatic carbocycles. The van der Waals surface area contributed by atoms with Crippen LogP contribution in [0.25, 0.3) is 4.96 Å². The number of hydrogen-bond donors (Lipinski definition) is 0. The van der Waals surface area contributed by atoms with Crippen LogP contribution in [0, 0.1) is 0 Å². The van der Waals surface area contributed by atoms with Gasteiger partial charge in [-0.1, -0.05) is 11.6 Å². The third kappa shape index (κ3) is 3.91. The van der Waals surface area contributed by atoms with E-state index in [1.165, 1.54) is 10.9 Å². The van der Waals surface area contributed by atoms with Crippen LogP contribution in [-0.4, -0.2) is 21.5 Å². The van der Waals surface area contributed by atoms with Gasteiger partial charge in [-0.2, -0.15) is 0 Å². The molecule has 4 rings (SSSR count). The largest absolute Gasteiger partial charge is 0.479 e. The van der Waals surface area contributed by atoms with E-state index in [1.807, 2.05) is 0 Å². The maximum Gasteiger partial charge on any atom is 0.347 e. The second kappa shape index (κ2) is 7.93. The van der Waals surface area contributed by atoms with Gasteiger partial charge in [0, 0.05) is 21.7 Å². The molecule has 2 heterocycles. The second-order valence-electron chi connectivity index (χ2n) is 6.70. The van der Waals surface area contributed by atoms with Gasteiger partial charge in [0.15, 0.2) is 11.1 Å². The van der Waals surface area contributed by atoms with Gasteiger partial charge in [-0.15, -0.1) is 11.3 Å². The third-order valence-corrected chi connectivity index (χ3v) is 6.03. The molecule has 146 valence electrons. The van der Waals surface area contributed by atoms with Gasteiger partial charge in [-0.25, -0.2) is 9.78 Å². The van der Waals surface area contributed by atoms with Crippen molar-refractivity contribution in [2.45, 2.75) is 45.3 Å². The van der Waals surface area contributed by atoms with Crippen LogP contribution in [0.2, 0.25) is 5.02 Å². The van der Waals surface area contributed by atoms with Crippen LogP contribution in [0.15, 0.2) is 35.1 Å². The number of carbonyl (C=O) groups excluding carboxylic acids is 1. The van der Waals surface area contributed by atoms with Crippen molar-refractivity contribution in [2.75, 3.05) is 0 Å². The summed E-state index contributed by atoms with van der Waals surface area (Å²) in [6.07, 6.45) is 3.35. The molecular weight excluding hydrogens is 400 g/mol. The Morgan fingerprint density at radius 1 is 1.29 bits per heavy atom. The Bertz CT molecular complexity index is 1070. The molecule has 8 heteroatoms. The number of ether oxygens (including phenoxy) is 2. The predicted molar refractivity (Wildman–Crippen MR) is 107 cm³/mol. The SMILES string of the molecule is C[C@@H](Oc1ccc(Cl)cc1)C(=O)OCc1cc(=O)n2c3c(sc2n1)CCCC3. The average Bonchev–Trinajstić information content (AvgIpc) is 3.06. The first-order chi connectivity index (χ1) is 13.5. The zero-order valence-electron chi connectivity index (χ0n) is 15.3. The number of halogens is 1. The van der Waals surface area contributed by atoms with Crippen LogP contribution in [0.3, 0.4) is 0 Å². The van der Waals surface area contributed by atoms with Crippen LogP contribution in [-0.2, 0) is 29.0 Å². The first-order valence-electron chi connectivity index (χ1n) is 9.13. The van der Waals surface area contributed by atoms with Crippen molar-refractivity contribution in [3.05, 3.63) is 62.0 Å². The molecule has 0 spiro atoms. The highest BCUT2D eigenvalue weighted by atomic mass is 35.5. The molecule has 0 unspecified atom stereocenters. The van der Waals surface area contributed by atoms with Gasteiger partial charge in [0.25, 0.3) is 5.56 Å². The smallest absolute Gasteiger partial charge is 0.347 e. The van der Waals surface area contributed by atoms with Crippen molar-refractivity contribution in [2.24, 2.45) is 0 Å². The zero-order chi connectivity index (χ0) is 19.7. The highest BCUT2D eigenvalue weighted by Gasteiger charge is 2.20. The van der Waals surface area contributed by atoms with Gasteiger partial charge in [0.05, 0.1) is 5.69 Å². The van der Waals surface area contributed by atoms with Crippen LogP contribution in [0.5, 0.6) is 5.75 Å². The van der Waals surface area contributed by atoms with Gasteiger partial charge in [0.2, 0.25) is 0 Å². The number of thiazole rings is 1. The van der Waals surface area contributed by atoms with Gasteiger partial charge in [-0.3, -0.25) is 9.20 Å². The Balaban J connectivity index is 1.44. The van der Waals surface area contributed by atoms with Crippen molar-refractivity contribution < 1.29 is 14.3 Å². The number of aromatic nitrogens is 2. The molecule has 0 N–H and O–H groups in total. The molecule has 0 fully saturated rings. The minimum absolute atomic E-state index is 0.0680. The standard InChI is InChI=1S/C20H19ClN2O4S/c1-12(27-15-8-6-13(21)7-9-15)19(25)26-11-14-10-18(24)23-16-4-2-3-5-17(16)28-20(23)22-14/h6-10,12H,2-5,11H2,1H3/t12-/m1/s1. The molecule has 0 bridgehead atoms. The van der Waals surface area contributed by atoms with E-state index in [9.17, 15) is 9.59 Å². The fourth-order valence-corrected chi connectivity index (χ4v) is 4.60. The molecule has 6 nitrogen and oxygen atoms in total. The average molecular weight is 419 g/mol. The van der Waals surface area contributed by atoms with Crippen molar-refractivity contribution >= 4 is 33.9 Å². The molecule has 1 aliphatic carbocycles. The number of aryl methyl sites for hydroxylation is 2. The van der Waals surface area contributed by atoms with E-state index in [1.54, 1.807) is 46.9 Å². The van der Waals surface area contributed by atoms with Gasteiger partial charge >= 0.3 is 5.97 Å². The highest BCUT2D eigenvalue weighted by Crippen LogP contribution is 2.28. The lowest BCUT2D eigenvalue weighted by Crippen LogP contribution is -2.26. The number of carbonyl (C=O) groups is 1.